The van der Waals surface area contributed by atoms with Crippen molar-refractivity contribution in [2.24, 2.45) is 0 Å². The van der Waals surface area contributed by atoms with Crippen LogP contribution in [0.4, 0.5) is 0 Å². The third kappa shape index (κ3) is 3.22. The third-order valence-corrected chi connectivity index (χ3v) is 5.75. The second kappa shape index (κ2) is 6.40. The number of carbonyl (C=O) groups excluding carboxylic acids is 1. The standard InChI is InChI=1S/C19H21NO3S/c1-20(18-12-6-8-14-7-3-4-11-17(14)18)19(21)15-9-5-10-16(13-15)24(2,22)23/h3-5,7,9-11,13,18H,6,8,12H2,1-2H3. The Hall–Kier alpha value is -2.14. The quantitative estimate of drug-likeness (QED) is 0.860. The van der Waals surface area contributed by atoms with E-state index in [0.717, 1.165) is 25.5 Å². The van der Waals surface area contributed by atoms with E-state index in [1.165, 1.54) is 23.3 Å². The monoisotopic (exact) mass is 343 g/mol. The molecule has 24 heavy (non-hydrogen) atoms. The lowest BCUT2D eigenvalue weighted by atomic mass is 9.87. The number of rotatable bonds is 3. The summed E-state index contributed by atoms with van der Waals surface area (Å²) in [5.74, 6) is -0.151. The number of hydrogen-bond acceptors (Lipinski definition) is 3. The van der Waals surface area contributed by atoms with Gasteiger partial charge in [0.05, 0.1) is 10.9 Å². The molecule has 0 saturated carbocycles. The Morgan fingerprint density at radius 2 is 1.88 bits per heavy atom. The summed E-state index contributed by atoms with van der Waals surface area (Å²) in [5, 5.41) is 0. The average Bonchev–Trinajstić information content (AvgIpc) is 2.59. The van der Waals surface area contributed by atoms with Gasteiger partial charge in [-0.25, -0.2) is 8.42 Å². The zero-order valence-corrected chi connectivity index (χ0v) is 14.7. The van der Waals surface area contributed by atoms with Gasteiger partial charge in [-0.1, -0.05) is 30.3 Å². The van der Waals surface area contributed by atoms with Crippen molar-refractivity contribution < 1.29 is 13.2 Å². The van der Waals surface area contributed by atoms with E-state index in [1.807, 2.05) is 12.1 Å². The summed E-state index contributed by atoms with van der Waals surface area (Å²) in [6.07, 6.45) is 4.16. The number of carbonyl (C=O) groups is 1. The molecule has 1 aliphatic rings. The summed E-state index contributed by atoms with van der Waals surface area (Å²) >= 11 is 0. The number of amides is 1. The molecule has 2 aromatic carbocycles. The molecule has 3 rings (SSSR count). The first kappa shape index (κ1) is 16.7. The molecule has 2 aromatic rings. The molecular formula is C19H21NO3S. The van der Waals surface area contributed by atoms with Crippen molar-refractivity contribution in [3.63, 3.8) is 0 Å². The fourth-order valence-electron chi connectivity index (χ4n) is 3.34. The molecule has 5 heteroatoms. The van der Waals surface area contributed by atoms with Crippen molar-refractivity contribution in [3.05, 3.63) is 65.2 Å². The highest BCUT2D eigenvalue weighted by atomic mass is 32.2. The van der Waals surface area contributed by atoms with Crippen LogP contribution in [0.25, 0.3) is 0 Å². The Bertz CT molecular complexity index is 874. The van der Waals surface area contributed by atoms with E-state index in [1.54, 1.807) is 24.1 Å². The van der Waals surface area contributed by atoms with Gasteiger partial charge in [0.15, 0.2) is 9.84 Å². The molecule has 0 spiro atoms. The molecule has 0 aliphatic heterocycles. The minimum Gasteiger partial charge on any atom is -0.335 e. The maximum Gasteiger partial charge on any atom is 0.254 e. The van der Waals surface area contributed by atoms with Gasteiger partial charge in [-0.3, -0.25) is 4.79 Å². The van der Waals surface area contributed by atoms with Crippen molar-refractivity contribution in [2.75, 3.05) is 13.3 Å². The van der Waals surface area contributed by atoms with Crippen LogP contribution in [0.1, 0.15) is 40.4 Å². The largest absolute Gasteiger partial charge is 0.335 e. The zero-order valence-electron chi connectivity index (χ0n) is 13.9. The lowest BCUT2D eigenvalue weighted by Crippen LogP contribution is -2.33. The van der Waals surface area contributed by atoms with Gasteiger partial charge in [0.2, 0.25) is 0 Å². The number of benzene rings is 2. The van der Waals surface area contributed by atoms with Gasteiger partial charge in [-0.05, 0) is 48.6 Å². The number of nitrogens with zero attached hydrogens (tertiary/aromatic N) is 1. The number of aryl methyl sites for hydroxylation is 1. The summed E-state index contributed by atoms with van der Waals surface area (Å²) in [4.78, 5) is 14.8. The maximum atomic E-state index is 12.9. The molecular weight excluding hydrogens is 322 g/mol. The van der Waals surface area contributed by atoms with E-state index in [9.17, 15) is 13.2 Å². The Kier molecular flexibility index (Phi) is 4.45. The Morgan fingerprint density at radius 3 is 2.62 bits per heavy atom. The lowest BCUT2D eigenvalue weighted by molar-refractivity contribution is 0.0715. The molecule has 126 valence electrons. The highest BCUT2D eigenvalue weighted by molar-refractivity contribution is 7.90. The first-order chi connectivity index (χ1) is 11.4. The molecule has 0 saturated heterocycles. The van der Waals surface area contributed by atoms with Crippen LogP contribution < -0.4 is 0 Å². The highest BCUT2D eigenvalue weighted by Gasteiger charge is 2.27. The molecule has 1 amide bonds. The zero-order chi connectivity index (χ0) is 17.3. The van der Waals surface area contributed by atoms with Crippen LogP contribution in [0.2, 0.25) is 0 Å². The van der Waals surface area contributed by atoms with Gasteiger partial charge < -0.3 is 4.90 Å². The fraction of sp³-hybridized carbons (Fsp3) is 0.316. The molecule has 0 radical (unpaired) electrons. The third-order valence-electron chi connectivity index (χ3n) is 4.63. The van der Waals surface area contributed by atoms with Crippen molar-refractivity contribution >= 4 is 15.7 Å². The summed E-state index contributed by atoms with van der Waals surface area (Å²) in [6.45, 7) is 0. The molecule has 0 fully saturated rings. The molecule has 1 unspecified atom stereocenters. The van der Waals surface area contributed by atoms with Gasteiger partial charge in [-0.15, -0.1) is 0 Å². The van der Waals surface area contributed by atoms with E-state index in [2.05, 4.69) is 12.1 Å². The van der Waals surface area contributed by atoms with Crippen LogP contribution in [0.3, 0.4) is 0 Å². The molecule has 0 N–H and O–H groups in total. The van der Waals surface area contributed by atoms with E-state index in [-0.39, 0.29) is 16.8 Å². The number of fused-ring (bicyclic) bond motifs is 1. The van der Waals surface area contributed by atoms with Crippen LogP contribution >= 0.6 is 0 Å². The SMILES string of the molecule is CN(C(=O)c1cccc(S(C)(=O)=O)c1)C1CCCc2ccccc21. The predicted molar refractivity (Wildman–Crippen MR) is 93.8 cm³/mol. The smallest absolute Gasteiger partial charge is 0.254 e. The normalized spacial score (nSPS) is 17.2. The first-order valence-corrected chi connectivity index (χ1v) is 9.92. The topological polar surface area (TPSA) is 54.5 Å². The van der Waals surface area contributed by atoms with Crippen molar-refractivity contribution in [3.8, 4) is 0 Å². The highest BCUT2D eigenvalue weighted by Crippen LogP contribution is 2.34. The molecule has 1 aliphatic carbocycles. The lowest BCUT2D eigenvalue weighted by Gasteiger charge is -2.33. The number of sulfone groups is 1. The molecule has 0 bridgehead atoms. The van der Waals surface area contributed by atoms with E-state index in [4.69, 9.17) is 0 Å². The molecule has 1 atom stereocenters. The van der Waals surface area contributed by atoms with Crippen LogP contribution in [0, 0.1) is 0 Å². The Morgan fingerprint density at radius 1 is 1.12 bits per heavy atom. The summed E-state index contributed by atoms with van der Waals surface area (Å²) in [5.41, 5.74) is 2.89. The van der Waals surface area contributed by atoms with Gasteiger partial charge in [-0.2, -0.15) is 0 Å². The van der Waals surface area contributed by atoms with Crippen molar-refractivity contribution in [2.45, 2.75) is 30.2 Å². The Labute approximate surface area is 143 Å². The summed E-state index contributed by atoms with van der Waals surface area (Å²) in [6, 6.07) is 14.5. The van der Waals surface area contributed by atoms with Crippen LogP contribution in [0.5, 0.6) is 0 Å². The van der Waals surface area contributed by atoms with Crippen molar-refractivity contribution in [1.29, 1.82) is 0 Å². The fourth-order valence-corrected chi connectivity index (χ4v) is 4.00. The second-order valence-corrected chi connectivity index (χ2v) is 8.34. The van der Waals surface area contributed by atoms with Crippen LogP contribution in [0.15, 0.2) is 53.4 Å². The minimum absolute atomic E-state index is 0.0318. The first-order valence-electron chi connectivity index (χ1n) is 8.03. The predicted octanol–water partition coefficient (Wildman–Crippen LogP) is 3.24. The van der Waals surface area contributed by atoms with Gasteiger partial charge in [0.1, 0.15) is 0 Å². The summed E-state index contributed by atoms with van der Waals surface area (Å²) < 4.78 is 23.4. The van der Waals surface area contributed by atoms with Gasteiger partial charge >= 0.3 is 0 Å². The average molecular weight is 343 g/mol. The van der Waals surface area contributed by atoms with E-state index < -0.39 is 9.84 Å². The van der Waals surface area contributed by atoms with Crippen LogP contribution in [-0.4, -0.2) is 32.5 Å². The second-order valence-electron chi connectivity index (χ2n) is 6.32. The minimum atomic E-state index is -3.33. The number of hydrogen-bond donors (Lipinski definition) is 0. The summed E-state index contributed by atoms with van der Waals surface area (Å²) in [7, 11) is -1.53. The van der Waals surface area contributed by atoms with Gasteiger partial charge in [0.25, 0.3) is 5.91 Å². The van der Waals surface area contributed by atoms with E-state index >= 15 is 0 Å². The van der Waals surface area contributed by atoms with E-state index in [0.29, 0.717) is 5.56 Å². The molecule has 0 heterocycles. The maximum absolute atomic E-state index is 12.9. The van der Waals surface area contributed by atoms with Gasteiger partial charge in [0, 0.05) is 18.9 Å². The van der Waals surface area contributed by atoms with Crippen molar-refractivity contribution in [1.82, 2.24) is 4.90 Å². The molecule has 4 nitrogen and oxygen atoms in total. The Balaban J connectivity index is 1.92. The molecule has 0 aromatic heterocycles. The van der Waals surface area contributed by atoms with Crippen LogP contribution in [-0.2, 0) is 16.3 Å².